The van der Waals surface area contributed by atoms with E-state index in [4.69, 9.17) is 11.2 Å². The minimum Gasteiger partial charge on any atom is -0.439 e. The summed E-state index contributed by atoms with van der Waals surface area (Å²) in [5.41, 5.74) is 1.48. The third-order valence-electron chi connectivity index (χ3n) is 2.13. The highest BCUT2D eigenvalue weighted by Gasteiger charge is 2.02. The minimum atomic E-state index is -0.307. The van der Waals surface area contributed by atoms with Crippen molar-refractivity contribution in [2.75, 3.05) is 0 Å². The lowest BCUT2D eigenvalue weighted by Gasteiger charge is -2.05. The summed E-state index contributed by atoms with van der Waals surface area (Å²) in [6.45, 7) is 1.90. The Bertz CT molecular complexity index is 570. The summed E-state index contributed by atoms with van der Waals surface area (Å²) < 4.78 is 18.2. The molecule has 1 heterocycles. The number of terminal acetylenes is 1. The molecule has 0 radical (unpaired) electrons. The number of aryl methyl sites for hydroxylation is 1. The molecule has 0 unspecified atom stereocenters. The molecule has 0 saturated carbocycles. The first-order chi connectivity index (χ1) is 8.17. The van der Waals surface area contributed by atoms with Crippen LogP contribution in [0.3, 0.4) is 0 Å². The van der Waals surface area contributed by atoms with Gasteiger partial charge in [0.05, 0.1) is 0 Å². The molecule has 0 bridgehead atoms. The normalized spacial score (nSPS) is 9.71. The second-order valence-corrected chi connectivity index (χ2v) is 3.57. The second kappa shape index (κ2) is 4.67. The zero-order valence-electron chi connectivity index (χ0n) is 9.27. The molecule has 0 amide bonds. The van der Waals surface area contributed by atoms with Crippen molar-refractivity contribution in [1.29, 1.82) is 0 Å². The van der Waals surface area contributed by atoms with Gasteiger partial charge in [0, 0.05) is 6.07 Å². The van der Waals surface area contributed by atoms with E-state index >= 15 is 0 Å². The van der Waals surface area contributed by atoms with Crippen LogP contribution < -0.4 is 4.74 Å². The fourth-order valence-electron chi connectivity index (χ4n) is 1.38. The molecule has 3 heteroatoms. The Hall–Kier alpha value is -2.34. The van der Waals surface area contributed by atoms with Crippen LogP contribution in [0.2, 0.25) is 0 Å². The molecule has 0 fully saturated rings. The molecule has 17 heavy (non-hydrogen) atoms. The van der Waals surface area contributed by atoms with Crippen LogP contribution >= 0.6 is 0 Å². The highest BCUT2D eigenvalue weighted by molar-refractivity contribution is 5.35. The Morgan fingerprint density at radius 2 is 1.94 bits per heavy atom. The van der Waals surface area contributed by atoms with Crippen LogP contribution in [0.15, 0.2) is 36.4 Å². The van der Waals surface area contributed by atoms with Crippen molar-refractivity contribution in [3.8, 4) is 24.0 Å². The number of hydrogen-bond donors (Lipinski definition) is 0. The molecule has 2 nitrogen and oxygen atoms in total. The third-order valence-corrected chi connectivity index (χ3v) is 2.13. The first-order valence-electron chi connectivity index (χ1n) is 5.06. The molecule has 2 aromatic rings. The molecule has 0 aliphatic rings. The van der Waals surface area contributed by atoms with Gasteiger partial charge in [-0.2, -0.15) is 0 Å². The van der Waals surface area contributed by atoms with E-state index in [2.05, 4.69) is 10.9 Å². The average molecular weight is 227 g/mol. The molecule has 0 aliphatic carbocycles. The number of hydrogen-bond acceptors (Lipinski definition) is 2. The molecule has 0 N–H and O–H groups in total. The van der Waals surface area contributed by atoms with Gasteiger partial charge in [0.15, 0.2) is 0 Å². The van der Waals surface area contributed by atoms with Gasteiger partial charge in [-0.15, -0.1) is 6.42 Å². The Morgan fingerprint density at radius 3 is 2.59 bits per heavy atom. The Kier molecular flexibility index (Phi) is 3.06. The summed E-state index contributed by atoms with van der Waals surface area (Å²) in [6.07, 6.45) is 5.28. The number of aromatic nitrogens is 1. The maximum absolute atomic E-state index is 12.7. The highest BCUT2D eigenvalue weighted by atomic mass is 19.1. The fourth-order valence-corrected chi connectivity index (χ4v) is 1.38. The lowest BCUT2D eigenvalue weighted by atomic mass is 10.2. The third kappa shape index (κ3) is 2.82. The minimum absolute atomic E-state index is 0.307. The monoisotopic (exact) mass is 227 g/mol. The molecule has 0 spiro atoms. The van der Waals surface area contributed by atoms with E-state index in [0.29, 0.717) is 17.3 Å². The molecular weight excluding hydrogens is 217 g/mol. The van der Waals surface area contributed by atoms with Crippen molar-refractivity contribution >= 4 is 0 Å². The van der Waals surface area contributed by atoms with Crippen molar-refractivity contribution in [2.24, 2.45) is 0 Å². The van der Waals surface area contributed by atoms with E-state index < -0.39 is 0 Å². The Labute approximate surface area is 99.1 Å². The standard InChI is InChI=1S/C14H10FNO/c1-3-12-8-10(2)9-14(16-12)17-13-6-4-11(15)5-7-13/h1,4-9H,2H3. The van der Waals surface area contributed by atoms with E-state index in [1.54, 1.807) is 12.1 Å². The first kappa shape index (κ1) is 11.2. The van der Waals surface area contributed by atoms with E-state index in [1.165, 1.54) is 24.3 Å². The smallest absolute Gasteiger partial charge is 0.220 e. The predicted octanol–water partition coefficient (Wildman–Crippen LogP) is 3.30. The number of benzene rings is 1. The summed E-state index contributed by atoms with van der Waals surface area (Å²) in [5.74, 6) is 3.07. The first-order valence-corrected chi connectivity index (χ1v) is 5.06. The summed E-state index contributed by atoms with van der Waals surface area (Å²) in [7, 11) is 0. The summed E-state index contributed by atoms with van der Waals surface area (Å²) in [5, 5.41) is 0. The highest BCUT2D eigenvalue weighted by Crippen LogP contribution is 2.20. The number of halogens is 1. The van der Waals surface area contributed by atoms with Crippen LogP contribution in [0.1, 0.15) is 11.3 Å². The van der Waals surface area contributed by atoms with Crippen molar-refractivity contribution in [3.05, 3.63) is 53.5 Å². The number of pyridine rings is 1. The van der Waals surface area contributed by atoms with Crippen LogP contribution in [0.25, 0.3) is 0 Å². The molecule has 1 aromatic carbocycles. The average Bonchev–Trinajstić information content (AvgIpc) is 2.31. The number of nitrogens with zero attached hydrogens (tertiary/aromatic N) is 1. The van der Waals surface area contributed by atoms with Gasteiger partial charge in [0.2, 0.25) is 5.88 Å². The molecule has 84 valence electrons. The van der Waals surface area contributed by atoms with Crippen LogP contribution in [0.4, 0.5) is 4.39 Å². The van der Waals surface area contributed by atoms with E-state index in [1.807, 2.05) is 6.92 Å². The topological polar surface area (TPSA) is 22.1 Å². The summed E-state index contributed by atoms with van der Waals surface area (Å²) in [6, 6.07) is 9.28. The van der Waals surface area contributed by atoms with Gasteiger partial charge >= 0.3 is 0 Å². The second-order valence-electron chi connectivity index (χ2n) is 3.57. The molecule has 2 rings (SSSR count). The van der Waals surface area contributed by atoms with Gasteiger partial charge in [0.25, 0.3) is 0 Å². The van der Waals surface area contributed by atoms with E-state index in [-0.39, 0.29) is 5.82 Å². The quantitative estimate of drug-likeness (QED) is 0.734. The van der Waals surface area contributed by atoms with Gasteiger partial charge in [0.1, 0.15) is 17.3 Å². The predicted molar refractivity (Wildman–Crippen MR) is 63.4 cm³/mol. The van der Waals surface area contributed by atoms with Gasteiger partial charge in [-0.05, 0) is 42.8 Å². The molecule has 0 saturated heterocycles. The van der Waals surface area contributed by atoms with Gasteiger partial charge < -0.3 is 4.74 Å². The largest absolute Gasteiger partial charge is 0.439 e. The number of rotatable bonds is 2. The van der Waals surface area contributed by atoms with E-state index in [9.17, 15) is 4.39 Å². The summed E-state index contributed by atoms with van der Waals surface area (Å²) in [4.78, 5) is 4.12. The van der Waals surface area contributed by atoms with Crippen molar-refractivity contribution in [2.45, 2.75) is 6.92 Å². The van der Waals surface area contributed by atoms with Crippen LogP contribution in [-0.2, 0) is 0 Å². The lowest BCUT2D eigenvalue weighted by molar-refractivity contribution is 0.460. The zero-order valence-corrected chi connectivity index (χ0v) is 9.27. The van der Waals surface area contributed by atoms with Gasteiger partial charge in [-0.25, -0.2) is 9.37 Å². The maximum atomic E-state index is 12.7. The summed E-state index contributed by atoms with van der Waals surface area (Å²) >= 11 is 0. The lowest BCUT2D eigenvalue weighted by Crippen LogP contribution is -1.92. The molecule has 1 aromatic heterocycles. The van der Waals surface area contributed by atoms with Crippen molar-refractivity contribution in [1.82, 2.24) is 4.98 Å². The van der Waals surface area contributed by atoms with Crippen molar-refractivity contribution < 1.29 is 9.13 Å². The Morgan fingerprint density at radius 1 is 1.24 bits per heavy atom. The molecule has 0 atom stereocenters. The van der Waals surface area contributed by atoms with Gasteiger partial charge in [-0.3, -0.25) is 0 Å². The van der Waals surface area contributed by atoms with E-state index in [0.717, 1.165) is 5.56 Å². The van der Waals surface area contributed by atoms with Crippen molar-refractivity contribution in [3.63, 3.8) is 0 Å². The zero-order chi connectivity index (χ0) is 12.3. The molecular formula is C14H10FNO. The van der Waals surface area contributed by atoms with Crippen LogP contribution in [-0.4, -0.2) is 4.98 Å². The maximum Gasteiger partial charge on any atom is 0.220 e. The van der Waals surface area contributed by atoms with Crippen LogP contribution in [0, 0.1) is 25.1 Å². The van der Waals surface area contributed by atoms with Crippen LogP contribution in [0.5, 0.6) is 11.6 Å². The Balaban J connectivity index is 2.27. The van der Waals surface area contributed by atoms with Gasteiger partial charge in [-0.1, -0.05) is 5.92 Å². The molecule has 0 aliphatic heterocycles. The SMILES string of the molecule is C#Cc1cc(C)cc(Oc2ccc(F)cc2)n1. The number of ether oxygens (including phenoxy) is 1. The fraction of sp³-hybridized carbons (Fsp3) is 0.0714.